The van der Waals surface area contributed by atoms with E-state index in [0.29, 0.717) is 0 Å². The second-order valence-corrected chi connectivity index (χ2v) is 7.20. The van der Waals surface area contributed by atoms with Crippen LogP contribution in [0.15, 0.2) is 0 Å². The zero-order valence-corrected chi connectivity index (χ0v) is 12.1. The van der Waals surface area contributed by atoms with Crippen LogP contribution in [0, 0.1) is 30.6 Å². The van der Waals surface area contributed by atoms with E-state index in [1.165, 1.54) is 49.1 Å². The standard InChI is InChI=1S/C16H25N3/c1-9-14(8-17-2)18-19-16(9)15-12-4-10-3-11(6-12)7-13(15)5-10/h10-13,15,17H,3-8H2,1-2H3,(H,18,19). The molecule has 19 heavy (non-hydrogen) atoms. The van der Waals surface area contributed by atoms with Crippen LogP contribution in [0.4, 0.5) is 0 Å². The first kappa shape index (κ1) is 12.0. The van der Waals surface area contributed by atoms with Crippen LogP contribution < -0.4 is 5.32 Å². The van der Waals surface area contributed by atoms with Gasteiger partial charge < -0.3 is 5.32 Å². The molecule has 4 fully saturated rings. The largest absolute Gasteiger partial charge is 0.314 e. The average molecular weight is 259 g/mol. The summed E-state index contributed by atoms with van der Waals surface area (Å²) in [7, 11) is 2.00. The molecule has 4 aliphatic carbocycles. The van der Waals surface area contributed by atoms with Crippen LogP contribution in [0.1, 0.15) is 55.0 Å². The van der Waals surface area contributed by atoms with Gasteiger partial charge in [0, 0.05) is 12.5 Å². The molecule has 0 atom stereocenters. The zero-order chi connectivity index (χ0) is 13.0. The Kier molecular flexibility index (Phi) is 2.73. The molecule has 4 saturated carbocycles. The lowest BCUT2D eigenvalue weighted by Crippen LogP contribution is -2.44. The van der Waals surface area contributed by atoms with Gasteiger partial charge in [-0.3, -0.25) is 5.10 Å². The number of hydrogen-bond acceptors (Lipinski definition) is 2. The van der Waals surface area contributed by atoms with E-state index in [1.807, 2.05) is 7.05 Å². The second-order valence-electron chi connectivity index (χ2n) is 7.20. The normalized spacial score (nSPS) is 40.0. The smallest absolute Gasteiger partial charge is 0.0691 e. The molecule has 2 N–H and O–H groups in total. The molecule has 0 amide bonds. The molecule has 104 valence electrons. The molecule has 5 rings (SSSR count). The average Bonchev–Trinajstić information content (AvgIpc) is 2.71. The van der Waals surface area contributed by atoms with Crippen LogP contribution >= 0.6 is 0 Å². The first-order valence-electron chi connectivity index (χ1n) is 7.94. The highest BCUT2D eigenvalue weighted by molar-refractivity contribution is 5.29. The summed E-state index contributed by atoms with van der Waals surface area (Å²) in [5, 5.41) is 11.2. The molecule has 3 nitrogen and oxygen atoms in total. The van der Waals surface area contributed by atoms with E-state index in [1.54, 1.807) is 0 Å². The van der Waals surface area contributed by atoms with E-state index in [0.717, 1.165) is 36.1 Å². The summed E-state index contributed by atoms with van der Waals surface area (Å²) in [5.74, 6) is 4.72. The number of nitrogens with zero attached hydrogens (tertiary/aromatic N) is 1. The third kappa shape index (κ3) is 1.78. The predicted molar refractivity (Wildman–Crippen MR) is 75.9 cm³/mol. The van der Waals surface area contributed by atoms with Crippen molar-refractivity contribution in [3.63, 3.8) is 0 Å². The van der Waals surface area contributed by atoms with Crippen LogP contribution in [0.2, 0.25) is 0 Å². The van der Waals surface area contributed by atoms with E-state index in [-0.39, 0.29) is 0 Å². The van der Waals surface area contributed by atoms with Gasteiger partial charge in [0.05, 0.1) is 11.4 Å². The van der Waals surface area contributed by atoms with E-state index in [4.69, 9.17) is 5.10 Å². The fourth-order valence-electron chi connectivity index (χ4n) is 5.50. The van der Waals surface area contributed by atoms with Crippen molar-refractivity contribution in [2.45, 2.75) is 51.5 Å². The van der Waals surface area contributed by atoms with Gasteiger partial charge in [0.1, 0.15) is 0 Å². The minimum Gasteiger partial charge on any atom is -0.314 e. The summed E-state index contributed by atoms with van der Waals surface area (Å²) in [6.07, 6.45) is 7.44. The molecule has 4 aliphatic rings. The maximum Gasteiger partial charge on any atom is 0.0691 e. The maximum atomic E-state index is 4.72. The van der Waals surface area contributed by atoms with E-state index < -0.39 is 0 Å². The minimum absolute atomic E-state index is 0.759. The van der Waals surface area contributed by atoms with Crippen LogP contribution in [0.25, 0.3) is 0 Å². The van der Waals surface area contributed by atoms with Crippen LogP contribution in [-0.2, 0) is 6.54 Å². The lowest BCUT2D eigenvalue weighted by Gasteiger charge is -2.54. The van der Waals surface area contributed by atoms with Gasteiger partial charge in [-0.2, -0.15) is 5.10 Å². The minimum atomic E-state index is 0.759. The zero-order valence-electron chi connectivity index (χ0n) is 12.1. The monoisotopic (exact) mass is 259 g/mol. The summed E-state index contributed by atoms with van der Waals surface area (Å²) < 4.78 is 0. The van der Waals surface area contributed by atoms with Crippen molar-refractivity contribution in [3.05, 3.63) is 17.0 Å². The quantitative estimate of drug-likeness (QED) is 0.876. The van der Waals surface area contributed by atoms with Gasteiger partial charge >= 0.3 is 0 Å². The molecule has 0 radical (unpaired) electrons. The highest BCUT2D eigenvalue weighted by Gasteiger charge is 2.49. The third-order valence-electron chi connectivity index (χ3n) is 6.04. The summed E-state index contributed by atoms with van der Waals surface area (Å²) in [5.41, 5.74) is 4.11. The van der Waals surface area contributed by atoms with Crippen LogP contribution in [0.3, 0.4) is 0 Å². The van der Waals surface area contributed by atoms with Crippen molar-refractivity contribution in [2.24, 2.45) is 23.7 Å². The molecule has 1 aromatic heterocycles. The maximum absolute atomic E-state index is 4.72. The second kappa shape index (κ2) is 4.34. The van der Waals surface area contributed by atoms with Gasteiger partial charge in [0.25, 0.3) is 0 Å². The first-order chi connectivity index (χ1) is 9.26. The van der Waals surface area contributed by atoms with Gasteiger partial charge in [0.15, 0.2) is 0 Å². The van der Waals surface area contributed by atoms with Crippen molar-refractivity contribution in [1.82, 2.24) is 15.5 Å². The van der Waals surface area contributed by atoms with E-state index in [2.05, 4.69) is 17.3 Å². The Balaban J connectivity index is 1.65. The Hall–Kier alpha value is -0.830. The lowest BCUT2D eigenvalue weighted by atomic mass is 9.51. The number of aromatic nitrogens is 2. The number of nitrogens with one attached hydrogen (secondary N) is 2. The Labute approximate surface area is 115 Å². The molecular formula is C16H25N3. The molecule has 0 unspecified atom stereocenters. The van der Waals surface area contributed by atoms with Gasteiger partial charge in [-0.05, 0) is 75.3 Å². The number of aromatic amines is 1. The fraction of sp³-hybridized carbons (Fsp3) is 0.812. The molecule has 4 bridgehead atoms. The van der Waals surface area contributed by atoms with Crippen molar-refractivity contribution in [2.75, 3.05) is 7.05 Å². The number of hydrogen-bond donors (Lipinski definition) is 2. The highest BCUT2D eigenvalue weighted by Crippen LogP contribution is 2.59. The Morgan fingerprint density at radius 2 is 1.74 bits per heavy atom. The van der Waals surface area contributed by atoms with E-state index >= 15 is 0 Å². The van der Waals surface area contributed by atoms with Crippen molar-refractivity contribution in [3.8, 4) is 0 Å². The number of rotatable bonds is 3. The summed E-state index contributed by atoms with van der Waals surface area (Å²) >= 11 is 0. The molecule has 1 aromatic rings. The Morgan fingerprint density at radius 3 is 2.32 bits per heavy atom. The van der Waals surface area contributed by atoms with Crippen LogP contribution in [-0.4, -0.2) is 17.2 Å². The van der Waals surface area contributed by atoms with Crippen molar-refractivity contribution >= 4 is 0 Å². The molecular weight excluding hydrogens is 234 g/mol. The topological polar surface area (TPSA) is 40.7 Å². The molecule has 0 saturated heterocycles. The van der Waals surface area contributed by atoms with Gasteiger partial charge in [-0.15, -0.1) is 0 Å². The van der Waals surface area contributed by atoms with E-state index in [9.17, 15) is 0 Å². The summed E-state index contributed by atoms with van der Waals surface area (Å²) in [4.78, 5) is 0. The lowest BCUT2D eigenvalue weighted by molar-refractivity contribution is -0.00437. The molecule has 0 spiro atoms. The van der Waals surface area contributed by atoms with Crippen molar-refractivity contribution in [1.29, 1.82) is 0 Å². The van der Waals surface area contributed by atoms with Crippen LogP contribution in [0.5, 0.6) is 0 Å². The predicted octanol–water partition coefficient (Wildman–Crippen LogP) is 2.98. The SMILES string of the molecule is CNCc1[nH]nc(C2C3CC4CC(C3)CC2C4)c1C. The van der Waals surface area contributed by atoms with Gasteiger partial charge in [-0.1, -0.05) is 0 Å². The molecule has 3 heteroatoms. The highest BCUT2D eigenvalue weighted by atomic mass is 15.1. The van der Waals surface area contributed by atoms with Gasteiger partial charge in [0.2, 0.25) is 0 Å². The molecule has 1 heterocycles. The Morgan fingerprint density at radius 1 is 1.11 bits per heavy atom. The number of H-pyrrole nitrogens is 1. The fourth-order valence-corrected chi connectivity index (χ4v) is 5.50. The van der Waals surface area contributed by atoms with Crippen molar-refractivity contribution < 1.29 is 0 Å². The van der Waals surface area contributed by atoms with Gasteiger partial charge in [-0.25, -0.2) is 0 Å². The molecule has 0 aromatic carbocycles. The molecule has 0 aliphatic heterocycles. The Bertz CT molecular complexity index is 448. The third-order valence-corrected chi connectivity index (χ3v) is 6.04. The first-order valence-corrected chi connectivity index (χ1v) is 7.94. The summed E-state index contributed by atoms with van der Waals surface area (Å²) in [6, 6.07) is 0. The summed E-state index contributed by atoms with van der Waals surface area (Å²) in [6.45, 7) is 3.17.